The fourth-order valence-electron chi connectivity index (χ4n) is 4.46. The Balaban J connectivity index is 1.45. The van der Waals surface area contributed by atoms with Gasteiger partial charge in [0.2, 0.25) is 11.9 Å². The van der Waals surface area contributed by atoms with Gasteiger partial charge in [0.15, 0.2) is 17.4 Å². The summed E-state index contributed by atoms with van der Waals surface area (Å²) in [6.07, 6.45) is 0.975. The minimum absolute atomic E-state index is 0.00673. The maximum absolute atomic E-state index is 15.0. The van der Waals surface area contributed by atoms with Crippen molar-refractivity contribution in [1.29, 1.82) is 0 Å². The number of pyridine rings is 1. The van der Waals surface area contributed by atoms with Crippen LogP contribution in [0.2, 0.25) is 0 Å². The molecule has 0 bridgehead atoms. The molecule has 0 aliphatic carbocycles. The van der Waals surface area contributed by atoms with Crippen molar-refractivity contribution in [2.75, 3.05) is 47.9 Å². The van der Waals surface area contributed by atoms with Crippen LogP contribution >= 0.6 is 0 Å². The maximum Gasteiger partial charge on any atom is 0.238 e. The van der Waals surface area contributed by atoms with E-state index in [1.54, 1.807) is 18.2 Å². The maximum atomic E-state index is 15.0. The van der Waals surface area contributed by atoms with E-state index in [2.05, 4.69) is 32.2 Å². The lowest BCUT2D eigenvalue weighted by molar-refractivity contribution is 0.314. The molecule has 4 heterocycles. The van der Waals surface area contributed by atoms with Gasteiger partial charge in [-0.2, -0.15) is 4.39 Å². The molecule has 2 N–H and O–H groups in total. The molecule has 2 aromatic heterocycles. The van der Waals surface area contributed by atoms with Crippen molar-refractivity contribution in [3.63, 3.8) is 0 Å². The molecule has 0 spiro atoms. The van der Waals surface area contributed by atoms with Crippen molar-refractivity contribution in [3.05, 3.63) is 60.3 Å². The predicted molar refractivity (Wildman–Crippen MR) is 132 cm³/mol. The van der Waals surface area contributed by atoms with Crippen LogP contribution in [0.4, 0.5) is 36.3 Å². The van der Waals surface area contributed by atoms with Crippen LogP contribution in [0, 0.1) is 17.6 Å². The van der Waals surface area contributed by atoms with Gasteiger partial charge < -0.3 is 25.2 Å². The first-order valence-corrected chi connectivity index (χ1v) is 11.7. The molecule has 0 atom stereocenters. The minimum atomic E-state index is -0.736. The van der Waals surface area contributed by atoms with Crippen molar-refractivity contribution in [3.8, 4) is 17.0 Å². The summed E-state index contributed by atoms with van der Waals surface area (Å²) in [5.74, 6) is -1.77. The van der Waals surface area contributed by atoms with Crippen molar-refractivity contribution >= 4 is 23.1 Å². The first-order chi connectivity index (χ1) is 17.3. The summed E-state index contributed by atoms with van der Waals surface area (Å²) in [5.41, 5.74) is 1.59. The highest BCUT2D eigenvalue weighted by Crippen LogP contribution is 2.41. The highest BCUT2D eigenvalue weighted by atomic mass is 19.1. The summed E-state index contributed by atoms with van der Waals surface area (Å²) in [4.78, 5) is 15.9. The largest absolute Gasteiger partial charge is 0.482 e. The predicted octanol–water partition coefficient (Wildman–Crippen LogP) is 4.23. The molecule has 0 radical (unpaired) electrons. The van der Waals surface area contributed by atoms with Gasteiger partial charge in [-0.25, -0.2) is 23.7 Å². The van der Waals surface area contributed by atoms with E-state index >= 15 is 0 Å². The van der Waals surface area contributed by atoms with Crippen molar-refractivity contribution in [1.82, 2.24) is 20.3 Å². The third kappa shape index (κ3) is 4.53. The zero-order valence-electron chi connectivity index (χ0n) is 20.0. The lowest BCUT2D eigenvalue weighted by atomic mass is 10.1. The van der Waals surface area contributed by atoms with E-state index < -0.39 is 17.6 Å². The van der Waals surface area contributed by atoms with Crippen LogP contribution in [0.25, 0.3) is 11.3 Å². The smallest absolute Gasteiger partial charge is 0.238 e. The van der Waals surface area contributed by atoms with Crippen molar-refractivity contribution < 1.29 is 17.9 Å². The first-order valence-electron chi connectivity index (χ1n) is 11.7. The number of nitrogens with zero attached hydrogens (tertiary/aromatic N) is 5. The molecule has 0 unspecified atom stereocenters. The third-order valence-corrected chi connectivity index (χ3v) is 6.07. The van der Waals surface area contributed by atoms with Crippen LogP contribution in [0.3, 0.4) is 0 Å². The number of aromatic nitrogens is 3. The lowest BCUT2D eigenvalue weighted by Gasteiger charge is -2.36. The number of ether oxygens (including phenoxy) is 1. The van der Waals surface area contributed by atoms with Crippen LogP contribution in [0.5, 0.6) is 5.75 Å². The number of anilines is 4. The summed E-state index contributed by atoms with van der Waals surface area (Å²) in [7, 11) is 0. The zero-order valence-corrected chi connectivity index (χ0v) is 20.0. The Morgan fingerprint density at radius 3 is 2.56 bits per heavy atom. The van der Waals surface area contributed by atoms with E-state index in [1.807, 2.05) is 23.6 Å². The second-order valence-corrected chi connectivity index (χ2v) is 8.88. The van der Waals surface area contributed by atoms with Gasteiger partial charge in [0.05, 0.1) is 17.6 Å². The fraction of sp³-hybridized carbons (Fsp3) is 0.320. The monoisotopic (exact) mass is 497 g/mol. The molecule has 2 aliphatic heterocycles. The van der Waals surface area contributed by atoms with Crippen LogP contribution in [-0.2, 0) is 0 Å². The Bertz CT molecular complexity index is 1310. The molecular weight excluding hydrogens is 471 g/mol. The van der Waals surface area contributed by atoms with E-state index in [9.17, 15) is 13.2 Å². The topological polar surface area (TPSA) is 78.4 Å². The van der Waals surface area contributed by atoms with E-state index in [0.717, 1.165) is 19.3 Å². The van der Waals surface area contributed by atoms with Crippen molar-refractivity contribution in [2.45, 2.75) is 19.9 Å². The van der Waals surface area contributed by atoms with Crippen LogP contribution in [0.15, 0.2) is 42.7 Å². The molecule has 188 valence electrons. The normalized spacial score (nSPS) is 15.7. The number of rotatable bonds is 5. The fourth-order valence-corrected chi connectivity index (χ4v) is 4.46. The Morgan fingerprint density at radius 2 is 1.83 bits per heavy atom. The Labute approximate surface area is 206 Å². The van der Waals surface area contributed by atoms with Gasteiger partial charge in [0.1, 0.15) is 18.1 Å². The van der Waals surface area contributed by atoms with Crippen LogP contribution < -0.4 is 25.2 Å². The zero-order chi connectivity index (χ0) is 25.4. The molecule has 0 amide bonds. The molecule has 2 aliphatic rings. The second-order valence-electron chi connectivity index (χ2n) is 8.88. The van der Waals surface area contributed by atoms with E-state index in [1.165, 1.54) is 6.07 Å². The molecule has 8 nitrogen and oxygen atoms in total. The molecule has 1 saturated heterocycles. The first kappa shape index (κ1) is 23.9. The minimum Gasteiger partial charge on any atom is -0.482 e. The molecular formula is C25H26F3N7O. The summed E-state index contributed by atoms with van der Waals surface area (Å²) in [6, 6.07) is 5.99. The molecule has 5 rings (SSSR count). The molecule has 1 fully saturated rings. The summed E-state index contributed by atoms with van der Waals surface area (Å²) in [5, 5.41) is 6.03. The molecule has 36 heavy (non-hydrogen) atoms. The van der Waals surface area contributed by atoms with Crippen LogP contribution in [-0.4, -0.2) is 53.8 Å². The summed E-state index contributed by atoms with van der Waals surface area (Å²) >= 11 is 0. The van der Waals surface area contributed by atoms with E-state index in [0.29, 0.717) is 30.2 Å². The lowest BCUT2D eigenvalue weighted by Crippen LogP contribution is -2.44. The van der Waals surface area contributed by atoms with Crippen LogP contribution in [0.1, 0.15) is 13.8 Å². The average Bonchev–Trinajstić information content (AvgIpc) is 2.85. The van der Waals surface area contributed by atoms with Gasteiger partial charge in [-0.05, 0) is 38.1 Å². The number of hydrogen-bond acceptors (Lipinski definition) is 8. The van der Waals surface area contributed by atoms with Gasteiger partial charge >= 0.3 is 0 Å². The SMILES string of the molecule is C=C1COc2c(F)cc(-c3nc(Nc4ccc(N5CCNCC5)c(F)n4)ncc3F)cc2N1C(C)C. The van der Waals surface area contributed by atoms with E-state index in [-0.39, 0.29) is 41.4 Å². The molecule has 1 aromatic carbocycles. The standard InChI is InChI=1S/C25H26F3N7O/c1-14(2)35-15(3)13-36-23-17(26)10-16(11-20(23)35)22-18(27)12-30-25(33-22)32-21-5-4-19(24(28)31-21)34-8-6-29-7-9-34/h4-5,10-12,14,29H,3,6-9,13H2,1-2H3,(H,30,31,32,33). The molecule has 0 saturated carbocycles. The van der Waals surface area contributed by atoms with Gasteiger partial charge in [-0.1, -0.05) is 6.58 Å². The quantitative estimate of drug-likeness (QED) is 0.507. The van der Waals surface area contributed by atoms with Gasteiger partial charge in [0.25, 0.3) is 0 Å². The Morgan fingerprint density at radius 1 is 1.06 bits per heavy atom. The number of fused-ring (bicyclic) bond motifs is 1. The Hall–Kier alpha value is -3.86. The second kappa shape index (κ2) is 9.65. The average molecular weight is 498 g/mol. The molecule has 11 heteroatoms. The Kier molecular flexibility index (Phi) is 6.40. The number of halogens is 3. The highest BCUT2D eigenvalue weighted by molar-refractivity contribution is 5.75. The highest BCUT2D eigenvalue weighted by Gasteiger charge is 2.28. The third-order valence-electron chi connectivity index (χ3n) is 6.07. The molecule has 3 aromatic rings. The number of benzene rings is 1. The van der Waals surface area contributed by atoms with Gasteiger partial charge in [-0.3, -0.25) is 0 Å². The van der Waals surface area contributed by atoms with Gasteiger partial charge in [-0.15, -0.1) is 0 Å². The number of nitrogens with one attached hydrogen (secondary N) is 2. The summed E-state index contributed by atoms with van der Waals surface area (Å²) in [6.45, 7) is 10.9. The van der Waals surface area contributed by atoms with E-state index in [4.69, 9.17) is 4.74 Å². The number of piperazine rings is 1. The van der Waals surface area contributed by atoms with Crippen molar-refractivity contribution in [2.24, 2.45) is 0 Å². The van der Waals surface area contributed by atoms with Gasteiger partial charge in [0, 0.05) is 43.5 Å². The number of hydrogen-bond donors (Lipinski definition) is 2. The summed E-state index contributed by atoms with van der Waals surface area (Å²) < 4.78 is 50.0.